The van der Waals surface area contributed by atoms with Crippen molar-refractivity contribution in [2.45, 2.75) is 26.2 Å². The Bertz CT molecular complexity index is 415. The van der Waals surface area contributed by atoms with Gasteiger partial charge in [0.2, 0.25) is 5.91 Å². The third-order valence-corrected chi connectivity index (χ3v) is 3.38. The summed E-state index contributed by atoms with van der Waals surface area (Å²) in [6.45, 7) is 2.36. The predicted octanol–water partition coefficient (Wildman–Crippen LogP) is 1.94. The molecule has 1 aliphatic carbocycles. The molecule has 17 heavy (non-hydrogen) atoms. The lowest BCUT2D eigenvalue weighted by atomic mass is 9.84. The summed E-state index contributed by atoms with van der Waals surface area (Å²) in [5.41, 5.74) is 2.79. The second-order valence-corrected chi connectivity index (χ2v) is 4.68. The maximum atomic E-state index is 10.9. The first-order valence-electron chi connectivity index (χ1n) is 6.09. The molecule has 1 atom stereocenters. The number of benzene rings is 1. The van der Waals surface area contributed by atoms with Crippen molar-refractivity contribution < 1.29 is 9.53 Å². The van der Waals surface area contributed by atoms with Crippen molar-refractivity contribution in [3.05, 3.63) is 29.3 Å². The van der Waals surface area contributed by atoms with Gasteiger partial charge in [-0.3, -0.25) is 4.79 Å². The number of carbonyl (C=O) groups is 1. The van der Waals surface area contributed by atoms with Crippen LogP contribution >= 0.6 is 0 Å². The number of ether oxygens (including phenoxy) is 1. The van der Waals surface area contributed by atoms with E-state index in [1.807, 2.05) is 6.07 Å². The van der Waals surface area contributed by atoms with Crippen molar-refractivity contribution in [1.82, 2.24) is 5.32 Å². The molecule has 0 spiro atoms. The van der Waals surface area contributed by atoms with Crippen molar-refractivity contribution >= 4 is 5.91 Å². The first-order chi connectivity index (χ1) is 8.19. The number of amides is 1. The molecule has 3 heteroatoms. The van der Waals surface area contributed by atoms with Gasteiger partial charge in [-0.05, 0) is 48.4 Å². The molecule has 0 heterocycles. The van der Waals surface area contributed by atoms with Gasteiger partial charge in [0.15, 0.2) is 0 Å². The van der Waals surface area contributed by atoms with E-state index in [0.717, 1.165) is 31.6 Å². The molecule has 1 aromatic rings. The van der Waals surface area contributed by atoms with Crippen LogP contribution in [-0.2, 0) is 17.6 Å². The van der Waals surface area contributed by atoms with Crippen molar-refractivity contribution in [1.29, 1.82) is 0 Å². The third-order valence-electron chi connectivity index (χ3n) is 3.38. The van der Waals surface area contributed by atoms with E-state index < -0.39 is 0 Å². The molecule has 1 amide bonds. The highest BCUT2D eigenvalue weighted by atomic mass is 16.5. The van der Waals surface area contributed by atoms with Crippen LogP contribution in [0, 0.1) is 5.92 Å². The van der Waals surface area contributed by atoms with E-state index in [1.54, 1.807) is 14.0 Å². The summed E-state index contributed by atoms with van der Waals surface area (Å²) in [6.07, 6.45) is 3.27. The topological polar surface area (TPSA) is 38.3 Å². The summed E-state index contributed by atoms with van der Waals surface area (Å²) in [4.78, 5) is 10.9. The monoisotopic (exact) mass is 233 g/mol. The first kappa shape index (κ1) is 12.0. The number of carbonyl (C=O) groups excluding carboxylic acids is 1. The maximum Gasteiger partial charge on any atom is 0.216 e. The summed E-state index contributed by atoms with van der Waals surface area (Å²) < 4.78 is 5.23. The number of aryl methyl sites for hydroxylation is 1. The lowest BCUT2D eigenvalue weighted by Crippen LogP contribution is -2.30. The van der Waals surface area contributed by atoms with Gasteiger partial charge in [0, 0.05) is 13.5 Å². The molecule has 1 aromatic carbocycles. The van der Waals surface area contributed by atoms with E-state index in [4.69, 9.17) is 4.74 Å². The third kappa shape index (κ3) is 2.99. The molecule has 0 fully saturated rings. The molecule has 2 rings (SSSR count). The molecular weight excluding hydrogens is 214 g/mol. The van der Waals surface area contributed by atoms with Gasteiger partial charge >= 0.3 is 0 Å². The Morgan fingerprint density at radius 3 is 3.00 bits per heavy atom. The predicted molar refractivity (Wildman–Crippen MR) is 67.2 cm³/mol. The Morgan fingerprint density at radius 1 is 1.47 bits per heavy atom. The van der Waals surface area contributed by atoms with Gasteiger partial charge in [-0.25, -0.2) is 0 Å². The van der Waals surface area contributed by atoms with Gasteiger partial charge in [0.1, 0.15) is 5.75 Å². The van der Waals surface area contributed by atoms with Crippen molar-refractivity contribution in [2.75, 3.05) is 13.7 Å². The van der Waals surface area contributed by atoms with Crippen LogP contribution in [0.3, 0.4) is 0 Å². The van der Waals surface area contributed by atoms with E-state index in [2.05, 4.69) is 17.4 Å². The lowest BCUT2D eigenvalue weighted by Gasteiger charge is -2.25. The van der Waals surface area contributed by atoms with Crippen molar-refractivity contribution in [3.63, 3.8) is 0 Å². The van der Waals surface area contributed by atoms with E-state index in [0.29, 0.717) is 5.92 Å². The molecular formula is C14H19NO2. The first-order valence-corrected chi connectivity index (χ1v) is 6.09. The average Bonchev–Trinajstić information content (AvgIpc) is 2.35. The van der Waals surface area contributed by atoms with E-state index >= 15 is 0 Å². The lowest BCUT2D eigenvalue weighted by molar-refractivity contribution is -0.119. The summed E-state index contributed by atoms with van der Waals surface area (Å²) in [7, 11) is 1.70. The Morgan fingerprint density at radius 2 is 2.29 bits per heavy atom. The number of hydrogen-bond acceptors (Lipinski definition) is 2. The molecule has 1 N–H and O–H groups in total. The van der Waals surface area contributed by atoms with Crippen LogP contribution in [0.15, 0.2) is 18.2 Å². The SMILES string of the molecule is COc1ccc2c(c1)CCC(CNC(C)=O)C2. The van der Waals surface area contributed by atoms with Gasteiger partial charge in [-0.1, -0.05) is 6.07 Å². The minimum absolute atomic E-state index is 0.0607. The molecule has 1 unspecified atom stereocenters. The molecule has 0 aliphatic heterocycles. The van der Waals surface area contributed by atoms with Gasteiger partial charge < -0.3 is 10.1 Å². The molecule has 92 valence electrons. The average molecular weight is 233 g/mol. The van der Waals surface area contributed by atoms with Crippen LogP contribution in [0.4, 0.5) is 0 Å². The summed E-state index contributed by atoms with van der Waals surface area (Å²) in [5.74, 6) is 1.56. The van der Waals surface area contributed by atoms with E-state index in [1.165, 1.54) is 11.1 Å². The zero-order valence-electron chi connectivity index (χ0n) is 10.5. The number of hydrogen-bond donors (Lipinski definition) is 1. The molecule has 0 saturated carbocycles. The highest BCUT2D eigenvalue weighted by Crippen LogP contribution is 2.28. The van der Waals surface area contributed by atoms with Gasteiger partial charge in [-0.2, -0.15) is 0 Å². The standard InChI is InChI=1S/C14H19NO2/c1-10(16)15-9-11-3-4-13-8-14(17-2)6-5-12(13)7-11/h5-6,8,11H,3-4,7,9H2,1-2H3,(H,15,16). The summed E-state index contributed by atoms with van der Waals surface area (Å²) in [6, 6.07) is 6.29. The normalized spacial score (nSPS) is 18.4. The van der Waals surface area contributed by atoms with Gasteiger partial charge in [-0.15, -0.1) is 0 Å². The van der Waals surface area contributed by atoms with Crippen molar-refractivity contribution in [2.24, 2.45) is 5.92 Å². The number of nitrogens with one attached hydrogen (secondary N) is 1. The maximum absolute atomic E-state index is 10.9. The summed E-state index contributed by atoms with van der Waals surface area (Å²) in [5, 5.41) is 2.90. The fourth-order valence-electron chi connectivity index (χ4n) is 2.40. The van der Waals surface area contributed by atoms with Crippen LogP contribution in [-0.4, -0.2) is 19.6 Å². The number of rotatable bonds is 3. The quantitative estimate of drug-likeness (QED) is 0.866. The zero-order valence-corrected chi connectivity index (χ0v) is 10.5. The minimum atomic E-state index is 0.0607. The summed E-state index contributed by atoms with van der Waals surface area (Å²) >= 11 is 0. The Balaban J connectivity index is 2.01. The number of methoxy groups -OCH3 is 1. The largest absolute Gasteiger partial charge is 0.497 e. The van der Waals surface area contributed by atoms with Gasteiger partial charge in [0.05, 0.1) is 7.11 Å². The Hall–Kier alpha value is -1.51. The highest BCUT2D eigenvalue weighted by molar-refractivity contribution is 5.72. The molecule has 0 bridgehead atoms. The zero-order chi connectivity index (χ0) is 12.3. The fraction of sp³-hybridized carbons (Fsp3) is 0.500. The fourth-order valence-corrected chi connectivity index (χ4v) is 2.40. The Labute approximate surface area is 102 Å². The smallest absolute Gasteiger partial charge is 0.216 e. The second kappa shape index (κ2) is 5.21. The molecule has 0 saturated heterocycles. The van der Waals surface area contributed by atoms with Crippen LogP contribution in [0.2, 0.25) is 0 Å². The van der Waals surface area contributed by atoms with Crippen LogP contribution in [0.25, 0.3) is 0 Å². The Kier molecular flexibility index (Phi) is 3.67. The van der Waals surface area contributed by atoms with Crippen molar-refractivity contribution in [3.8, 4) is 5.75 Å². The molecule has 0 radical (unpaired) electrons. The van der Waals surface area contributed by atoms with Crippen LogP contribution in [0.1, 0.15) is 24.5 Å². The van der Waals surface area contributed by atoms with E-state index in [-0.39, 0.29) is 5.91 Å². The molecule has 3 nitrogen and oxygen atoms in total. The van der Waals surface area contributed by atoms with Crippen LogP contribution < -0.4 is 10.1 Å². The minimum Gasteiger partial charge on any atom is -0.497 e. The van der Waals surface area contributed by atoms with E-state index in [9.17, 15) is 4.79 Å². The van der Waals surface area contributed by atoms with Gasteiger partial charge in [0.25, 0.3) is 0 Å². The molecule has 1 aliphatic rings. The second-order valence-electron chi connectivity index (χ2n) is 4.68. The highest BCUT2D eigenvalue weighted by Gasteiger charge is 2.19. The van der Waals surface area contributed by atoms with Crippen LogP contribution in [0.5, 0.6) is 5.75 Å². The molecule has 0 aromatic heterocycles. The number of fused-ring (bicyclic) bond motifs is 1.